The van der Waals surface area contributed by atoms with E-state index in [1.54, 1.807) is 19.2 Å². The molecule has 0 bridgehead atoms. The molecule has 0 aliphatic heterocycles. The topological polar surface area (TPSA) is 57.0 Å². The van der Waals surface area contributed by atoms with E-state index in [4.69, 9.17) is 4.74 Å². The Hall–Kier alpha value is -3.02. The fourth-order valence-electron chi connectivity index (χ4n) is 2.32. The van der Waals surface area contributed by atoms with Gasteiger partial charge in [-0.3, -0.25) is 4.79 Å². The summed E-state index contributed by atoms with van der Waals surface area (Å²) in [6.45, 7) is 0. The first-order valence-corrected chi connectivity index (χ1v) is 7.00. The van der Waals surface area contributed by atoms with Crippen LogP contribution in [0.5, 0.6) is 5.75 Å². The molecule has 0 aliphatic carbocycles. The van der Waals surface area contributed by atoms with Crippen LogP contribution in [-0.4, -0.2) is 28.4 Å². The lowest BCUT2D eigenvalue weighted by Crippen LogP contribution is -2.05. The van der Waals surface area contributed by atoms with Crippen molar-refractivity contribution in [1.82, 2.24) is 15.0 Å². The van der Waals surface area contributed by atoms with Crippen LogP contribution < -0.4 is 4.74 Å². The van der Waals surface area contributed by atoms with E-state index in [0.29, 0.717) is 24.1 Å². The van der Waals surface area contributed by atoms with Gasteiger partial charge in [-0.05, 0) is 35.9 Å². The van der Waals surface area contributed by atoms with Crippen LogP contribution in [0.25, 0.3) is 5.69 Å². The van der Waals surface area contributed by atoms with Crippen molar-refractivity contribution in [2.75, 3.05) is 7.11 Å². The average molecular weight is 311 g/mol. The summed E-state index contributed by atoms with van der Waals surface area (Å²) in [5, 5.41) is 7.84. The number of hydrogen-bond donors (Lipinski definition) is 0. The molecule has 0 saturated carbocycles. The fraction of sp³-hybridized carbons (Fsp3) is 0.118. The Morgan fingerprint density at radius 2 is 2.00 bits per heavy atom. The zero-order valence-electron chi connectivity index (χ0n) is 12.4. The molecular formula is C17H14FN3O2. The molecule has 1 heterocycles. The number of ether oxygens (including phenoxy) is 1. The highest BCUT2D eigenvalue weighted by molar-refractivity contribution is 5.73. The molecule has 0 unspecified atom stereocenters. The van der Waals surface area contributed by atoms with Crippen molar-refractivity contribution >= 4 is 6.29 Å². The quantitative estimate of drug-likeness (QED) is 0.680. The maximum atomic E-state index is 13.4. The number of aldehydes is 1. The van der Waals surface area contributed by atoms with E-state index in [-0.39, 0.29) is 11.5 Å². The Kier molecular flexibility index (Phi) is 4.14. The minimum absolute atomic E-state index is 0.241. The van der Waals surface area contributed by atoms with Gasteiger partial charge in [0.2, 0.25) is 0 Å². The Labute approximate surface area is 132 Å². The molecule has 3 aromatic rings. The average Bonchev–Trinajstić information content (AvgIpc) is 2.98. The third-order valence-electron chi connectivity index (χ3n) is 3.49. The smallest absolute Gasteiger partial charge is 0.172 e. The van der Waals surface area contributed by atoms with E-state index in [1.165, 1.54) is 16.8 Å². The minimum atomic E-state index is -0.374. The SMILES string of the molecule is COc1ccc(Cc2c(C=O)nnn2-c2cccc(F)c2)cc1. The zero-order chi connectivity index (χ0) is 16.2. The van der Waals surface area contributed by atoms with E-state index >= 15 is 0 Å². The summed E-state index contributed by atoms with van der Waals surface area (Å²) >= 11 is 0. The van der Waals surface area contributed by atoms with Gasteiger partial charge in [0.1, 0.15) is 17.3 Å². The summed E-state index contributed by atoms with van der Waals surface area (Å²) in [5.74, 6) is 0.377. The van der Waals surface area contributed by atoms with Crippen LogP contribution in [0.1, 0.15) is 21.7 Å². The molecule has 0 fully saturated rings. The van der Waals surface area contributed by atoms with Crippen LogP contribution in [0.4, 0.5) is 4.39 Å². The van der Waals surface area contributed by atoms with Crippen molar-refractivity contribution in [3.05, 3.63) is 71.3 Å². The largest absolute Gasteiger partial charge is 0.497 e. The van der Waals surface area contributed by atoms with Crippen LogP contribution in [0, 0.1) is 5.82 Å². The number of rotatable bonds is 5. The third-order valence-corrected chi connectivity index (χ3v) is 3.49. The molecule has 23 heavy (non-hydrogen) atoms. The van der Waals surface area contributed by atoms with Gasteiger partial charge in [0.05, 0.1) is 18.5 Å². The number of hydrogen-bond acceptors (Lipinski definition) is 4. The van der Waals surface area contributed by atoms with Crippen LogP contribution in [0.2, 0.25) is 0 Å². The van der Waals surface area contributed by atoms with Gasteiger partial charge >= 0.3 is 0 Å². The number of benzene rings is 2. The third kappa shape index (κ3) is 3.11. The lowest BCUT2D eigenvalue weighted by molar-refractivity contribution is 0.111. The Balaban J connectivity index is 2.00. The molecule has 0 atom stereocenters. The zero-order valence-corrected chi connectivity index (χ0v) is 12.4. The predicted molar refractivity (Wildman–Crippen MR) is 82.5 cm³/mol. The van der Waals surface area contributed by atoms with Gasteiger partial charge in [0.25, 0.3) is 0 Å². The molecule has 0 aliphatic rings. The highest BCUT2D eigenvalue weighted by Gasteiger charge is 2.15. The van der Waals surface area contributed by atoms with Crippen molar-refractivity contribution in [3.8, 4) is 11.4 Å². The Bertz CT molecular complexity index is 828. The van der Waals surface area contributed by atoms with Crippen molar-refractivity contribution in [2.45, 2.75) is 6.42 Å². The van der Waals surface area contributed by atoms with Crippen molar-refractivity contribution in [3.63, 3.8) is 0 Å². The van der Waals surface area contributed by atoms with E-state index < -0.39 is 0 Å². The Morgan fingerprint density at radius 3 is 2.65 bits per heavy atom. The first-order valence-electron chi connectivity index (χ1n) is 7.00. The summed E-state index contributed by atoms with van der Waals surface area (Å²) in [6.07, 6.45) is 1.10. The number of carbonyl (C=O) groups excluding carboxylic acids is 1. The van der Waals surface area contributed by atoms with Gasteiger partial charge in [-0.1, -0.05) is 23.4 Å². The highest BCUT2D eigenvalue weighted by atomic mass is 19.1. The maximum Gasteiger partial charge on any atom is 0.172 e. The number of aromatic nitrogens is 3. The van der Waals surface area contributed by atoms with Gasteiger partial charge in [0, 0.05) is 6.42 Å². The normalized spacial score (nSPS) is 10.5. The summed E-state index contributed by atoms with van der Waals surface area (Å²) in [4.78, 5) is 11.2. The number of carbonyl (C=O) groups is 1. The number of halogens is 1. The van der Waals surface area contributed by atoms with Crippen LogP contribution in [0.15, 0.2) is 48.5 Å². The van der Waals surface area contributed by atoms with Crippen molar-refractivity contribution in [2.24, 2.45) is 0 Å². The number of nitrogens with zero attached hydrogens (tertiary/aromatic N) is 3. The molecule has 0 saturated heterocycles. The van der Waals surface area contributed by atoms with E-state index in [2.05, 4.69) is 10.3 Å². The summed E-state index contributed by atoms with van der Waals surface area (Å²) < 4.78 is 20.0. The summed E-state index contributed by atoms with van der Waals surface area (Å²) in [7, 11) is 1.60. The second-order valence-corrected chi connectivity index (χ2v) is 4.96. The molecule has 1 aromatic heterocycles. The van der Waals surface area contributed by atoms with Gasteiger partial charge < -0.3 is 4.74 Å². The van der Waals surface area contributed by atoms with Crippen LogP contribution in [0.3, 0.4) is 0 Å². The number of methoxy groups -OCH3 is 1. The molecule has 0 radical (unpaired) electrons. The molecule has 0 spiro atoms. The van der Waals surface area contributed by atoms with Gasteiger partial charge in [0.15, 0.2) is 6.29 Å². The fourth-order valence-corrected chi connectivity index (χ4v) is 2.32. The van der Waals surface area contributed by atoms with Gasteiger partial charge in [-0.2, -0.15) is 0 Å². The van der Waals surface area contributed by atoms with Gasteiger partial charge in [-0.25, -0.2) is 9.07 Å². The Morgan fingerprint density at radius 1 is 1.22 bits per heavy atom. The van der Waals surface area contributed by atoms with E-state index in [9.17, 15) is 9.18 Å². The molecule has 6 heteroatoms. The molecular weight excluding hydrogens is 297 g/mol. The van der Waals surface area contributed by atoms with Crippen LogP contribution >= 0.6 is 0 Å². The summed E-state index contributed by atoms with van der Waals surface area (Å²) in [5.41, 5.74) is 2.34. The van der Waals surface area contributed by atoms with E-state index in [0.717, 1.165) is 11.3 Å². The molecule has 3 rings (SSSR count). The molecule has 5 nitrogen and oxygen atoms in total. The van der Waals surface area contributed by atoms with Gasteiger partial charge in [-0.15, -0.1) is 5.10 Å². The van der Waals surface area contributed by atoms with Crippen molar-refractivity contribution in [1.29, 1.82) is 0 Å². The molecule has 0 N–H and O–H groups in total. The van der Waals surface area contributed by atoms with E-state index in [1.807, 2.05) is 24.3 Å². The molecule has 2 aromatic carbocycles. The second kappa shape index (κ2) is 6.39. The first-order chi connectivity index (χ1) is 11.2. The molecule has 116 valence electrons. The second-order valence-electron chi connectivity index (χ2n) is 4.96. The molecule has 0 amide bonds. The summed E-state index contributed by atoms with van der Waals surface area (Å²) in [6, 6.07) is 13.5. The van der Waals surface area contributed by atoms with Crippen molar-refractivity contribution < 1.29 is 13.9 Å². The lowest BCUT2D eigenvalue weighted by Gasteiger charge is -2.08. The minimum Gasteiger partial charge on any atom is -0.497 e. The monoisotopic (exact) mass is 311 g/mol. The first kappa shape index (κ1) is 14.9. The lowest BCUT2D eigenvalue weighted by atomic mass is 10.1. The predicted octanol–water partition coefficient (Wildman–Crippen LogP) is 2.82. The standard InChI is InChI=1S/C17H14FN3O2/c1-23-15-7-5-12(6-8-15)9-17-16(11-22)19-20-21(17)14-4-2-3-13(18)10-14/h2-8,10-11H,9H2,1H3. The maximum absolute atomic E-state index is 13.4. The highest BCUT2D eigenvalue weighted by Crippen LogP contribution is 2.19. The van der Waals surface area contributed by atoms with Crippen LogP contribution in [-0.2, 0) is 6.42 Å².